The van der Waals surface area contributed by atoms with Gasteiger partial charge in [-0.15, -0.1) is 0 Å². The summed E-state index contributed by atoms with van der Waals surface area (Å²) in [6.45, 7) is 2.36. The maximum atomic E-state index is 13.5. The van der Waals surface area contributed by atoms with Crippen LogP contribution in [0.4, 0.5) is 10.3 Å². The zero-order chi connectivity index (χ0) is 23.4. The first-order valence-corrected chi connectivity index (χ1v) is 10.5. The molecule has 0 atom stereocenters. The lowest BCUT2D eigenvalue weighted by atomic mass is 9.91. The fraction of sp³-hybridized carbons (Fsp3) is 0.364. The van der Waals surface area contributed by atoms with Gasteiger partial charge >= 0.3 is 0 Å². The van der Waals surface area contributed by atoms with Crippen molar-refractivity contribution < 1.29 is 23.8 Å². The first kappa shape index (κ1) is 22.8. The van der Waals surface area contributed by atoms with Crippen molar-refractivity contribution in [3.8, 4) is 22.6 Å². The number of hydrogen-bond donors (Lipinski definition) is 4. The summed E-state index contributed by atoms with van der Waals surface area (Å²) in [4.78, 5) is 28.5. The Morgan fingerprint density at radius 3 is 2.67 bits per heavy atom. The number of aliphatic hydroxyl groups excluding tert-OH is 1. The molecule has 2 aromatic heterocycles. The molecule has 3 aromatic rings. The Morgan fingerprint density at radius 2 is 2.00 bits per heavy atom. The van der Waals surface area contributed by atoms with E-state index in [0.717, 1.165) is 0 Å². The summed E-state index contributed by atoms with van der Waals surface area (Å²) in [5.74, 6) is -0.0954. The van der Waals surface area contributed by atoms with Crippen molar-refractivity contribution >= 4 is 11.9 Å². The number of carbonyl (C=O) groups is 1. The van der Waals surface area contributed by atoms with Crippen LogP contribution >= 0.6 is 0 Å². The number of hydrogen-bond acceptors (Lipinski definition) is 8. The number of imidazole rings is 1. The first-order valence-electron chi connectivity index (χ1n) is 10.5. The van der Waals surface area contributed by atoms with Gasteiger partial charge in [0.25, 0.3) is 0 Å². The number of carbonyl (C=O) groups excluding carboxylic acids is 1. The second-order valence-corrected chi connectivity index (χ2v) is 8.00. The van der Waals surface area contributed by atoms with E-state index in [1.165, 1.54) is 18.3 Å². The van der Waals surface area contributed by atoms with Crippen molar-refractivity contribution in [3.63, 3.8) is 0 Å². The van der Waals surface area contributed by atoms with Gasteiger partial charge in [0, 0.05) is 24.9 Å². The van der Waals surface area contributed by atoms with E-state index in [-0.39, 0.29) is 37.5 Å². The second-order valence-electron chi connectivity index (χ2n) is 8.00. The highest BCUT2D eigenvalue weighted by atomic mass is 19.1. The third kappa shape index (κ3) is 5.00. The van der Waals surface area contributed by atoms with Gasteiger partial charge in [0.05, 0.1) is 35.7 Å². The van der Waals surface area contributed by atoms with E-state index in [0.29, 0.717) is 41.4 Å². The van der Waals surface area contributed by atoms with Crippen LogP contribution in [0, 0.1) is 11.2 Å². The Kier molecular flexibility index (Phi) is 6.63. The minimum Gasteiger partial charge on any atom is -0.396 e. The van der Waals surface area contributed by atoms with Gasteiger partial charge in [-0.05, 0) is 43.7 Å². The van der Waals surface area contributed by atoms with E-state index in [2.05, 4.69) is 25.3 Å². The highest BCUT2D eigenvalue weighted by molar-refractivity contribution is 5.82. The molecule has 174 valence electrons. The molecule has 1 aliphatic rings. The van der Waals surface area contributed by atoms with E-state index >= 15 is 0 Å². The highest BCUT2D eigenvalue weighted by Crippen LogP contribution is 2.35. The molecule has 1 aliphatic heterocycles. The van der Waals surface area contributed by atoms with Crippen LogP contribution in [-0.4, -0.2) is 57.3 Å². The number of benzene rings is 1. The van der Waals surface area contributed by atoms with Gasteiger partial charge in [-0.25, -0.2) is 19.3 Å². The third-order valence-corrected chi connectivity index (χ3v) is 5.27. The number of nitrogen functional groups attached to an aromatic ring is 1. The summed E-state index contributed by atoms with van der Waals surface area (Å²) < 4.78 is 25.2. The Morgan fingerprint density at radius 1 is 1.27 bits per heavy atom. The van der Waals surface area contributed by atoms with Crippen molar-refractivity contribution in [1.29, 1.82) is 0 Å². The number of aromatic amines is 1. The Hall–Kier alpha value is -3.41. The molecule has 0 spiro atoms. The van der Waals surface area contributed by atoms with Gasteiger partial charge in [0.2, 0.25) is 18.1 Å². The van der Waals surface area contributed by atoms with Gasteiger partial charge in [-0.1, -0.05) is 0 Å². The van der Waals surface area contributed by atoms with Gasteiger partial charge < -0.3 is 30.6 Å². The molecule has 11 heteroatoms. The molecule has 33 heavy (non-hydrogen) atoms. The summed E-state index contributed by atoms with van der Waals surface area (Å²) in [5, 5.41) is 11.7. The average molecular weight is 456 g/mol. The van der Waals surface area contributed by atoms with Crippen molar-refractivity contribution in [2.45, 2.75) is 19.6 Å². The summed E-state index contributed by atoms with van der Waals surface area (Å²) >= 11 is 0. The van der Waals surface area contributed by atoms with Crippen molar-refractivity contribution in [2.75, 3.05) is 32.1 Å². The number of nitrogens with one attached hydrogen (secondary N) is 2. The third-order valence-electron chi connectivity index (χ3n) is 5.27. The molecule has 0 aliphatic carbocycles. The number of H-pyrrole nitrogens is 1. The number of anilines is 1. The number of aromatic nitrogens is 4. The van der Waals surface area contributed by atoms with Crippen LogP contribution in [0.5, 0.6) is 0 Å². The molecule has 0 unspecified atom stereocenters. The van der Waals surface area contributed by atoms with Crippen LogP contribution in [0.25, 0.3) is 22.6 Å². The van der Waals surface area contributed by atoms with Crippen molar-refractivity contribution in [1.82, 2.24) is 25.3 Å². The maximum absolute atomic E-state index is 13.5. The normalized spacial score (nSPS) is 20.5. The van der Waals surface area contributed by atoms with Gasteiger partial charge in [0.1, 0.15) is 5.82 Å². The zero-order valence-electron chi connectivity index (χ0n) is 18.0. The lowest BCUT2D eigenvalue weighted by Crippen LogP contribution is -2.48. The molecule has 1 aromatic carbocycles. The highest BCUT2D eigenvalue weighted by Gasteiger charge is 2.40. The van der Waals surface area contributed by atoms with E-state index < -0.39 is 11.7 Å². The number of halogens is 1. The van der Waals surface area contributed by atoms with E-state index in [9.17, 15) is 9.18 Å². The first-order chi connectivity index (χ1) is 15.9. The quantitative estimate of drug-likeness (QED) is 0.393. The monoisotopic (exact) mass is 456 g/mol. The van der Waals surface area contributed by atoms with Crippen LogP contribution < -0.4 is 11.1 Å². The molecule has 0 radical (unpaired) electrons. The molecule has 1 fully saturated rings. The number of nitrogens with zero attached hydrogens (tertiary/aromatic N) is 3. The van der Waals surface area contributed by atoms with E-state index in [1.54, 1.807) is 25.1 Å². The molecule has 1 saturated heterocycles. The van der Waals surface area contributed by atoms with Crippen LogP contribution in [0.1, 0.15) is 25.5 Å². The van der Waals surface area contributed by atoms with Gasteiger partial charge in [-0.2, -0.15) is 0 Å². The Bertz CT molecular complexity index is 1110. The molecule has 10 nitrogen and oxygen atoms in total. The molecule has 5 N–H and O–H groups in total. The van der Waals surface area contributed by atoms with Gasteiger partial charge in [0.15, 0.2) is 5.82 Å². The smallest absolute Gasteiger partial charge is 0.230 e. The molecule has 0 bridgehead atoms. The summed E-state index contributed by atoms with van der Waals surface area (Å²) in [6, 6.07) is 7.59. The van der Waals surface area contributed by atoms with E-state index in [4.69, 9.17) is 20.3 Å². The van der Waals surface area contributed by atoms with Crippen LogP contribution in [0.15, 0.2) is 36.5 Å². The van der Waals surface area contributed by atoms with Crippen molar-refractivity contribution in [2.24, 2.45) is 5.41 Å². The predicted molar refractivity (Wildman–Crippen MR) is 117 cm³/mol. The van der Waals surface area contributed by atoms with E-state index in [1.807, 2.05) is 0 Å². The molecular weight excluding hydrogens is 431 g/mol. The summed E-state index contributed by atoms with van der Waals surface area (Å²) in [5.41, 5.74) is 7.11. The summed E-state index contributed by atoms with van der Waals surface area (Å²) in [7, 11) is 0. The number of rotatable bonds is 7. The summed E-state index contributed by atoms with van der Waals surface area (Å²) in [6.07, 6.45) is 1.16. The number of aliphatic hydroxyl groups is 1. The zero-order valence-corrected chi connectivity index (χ0v) is 18.0. The topological polar surface area (TPSA) is 148 Å². The van der Waals surface area contributed by atoms with Crippen LogP contribution in [-0.2, 0) is 14.3 Å². The average Bonchev–Trinajstić information content (AvgIpc) is 3.25. The Balaban J connectivity index is 1.58. The maximum Gasteiger partial charge on any atom is 0.230 e. The largest absolute Gasteiger partial charge is 0.396 e. The Labute approximate surface area is 189 Å². The lowest BCUT2D eigenvalue weighted by molar-refractivity contribution is -0.231. The van der Waals surface area contributed by atoms with Crippen LogP contribution in [0.3, 0.4) is 0 Å². The lowest BCUT2D eigenvalue weighted by Gasteiger charge is -2.35. The SMILES string of the molecule is CC1(C(=O)NCCCO)COC(c2nc(-c3ccc(F)cc3)c(-c3ccnc(N)n3)[nH]2)OC1. The number of ether oxygens (including phenoxy) is 2. The van der Waals surface area contributed by atoms with Crippen molar-refractivity contribution in [3.05, 3.63) is 48.2 Å². The molecule has 0 saturated carbocycles. The molecule has 4 rings (SSSR count). The molecule has 3 heterocycles. The molecule has 1 amide bonds. The van der Waals surface area contributed by atoms with Gasteiger partial charge in [-0.3, -0.25) is 4.79 Å². The number of amides is 1. The number of nitrogens with two attached hydrogens (primary N) is 1. The predicted octanol–water partition coefficient (Wildman–Crippen LogP) is 1.81. The molecular formula is C22H25FN6O4. The fourth-order valence-electron chi connectivity index (χ4n) is 3.41. The van der Waals surface area contributed by atoms with Crippen LogP contribution in [0.2, 0.25) is 0 Å². The second kappa shape index (κ2) is 9.61. The minimum absolute atomic E-state index is 0.00126. The fourth-order valence-corrected chi connectivity index (χ4v) is 3.41. The minimum atomic E-state index is -0.873. The standard InChI is InChI=1S/C22H25FN6O4/c1-22(20(31)25-8-2-10-30)11-32-19(33-12-22)18-28-16(13-3-5-14(23)6-4-13)17(29-18)15-7-9-26-21(24)27-15/h3-7,9,19,30H,2,8,10-12H2,1H3,(H,25,31)(H,28,29)(H2,24,26,27).